The van der Waals surface area contributed by atoms with Crippen LogP contribution < -0.4 is 11.1 Å². The summed E-state index contributed by atoms with van der Waals surface area (Å²) in [6, 6.07) is 15.4. The Labute approximate surface area is 127 Å². The highest BCUT2D eigenvalue weighted by Crippen LogP contribution is 2.11. The van der Waals surface area contributed by atoms with Crippen LogP contribution in [0, 0.1) is 0 Å². The van der Waals surface area contributed by atoms with E-state index in [1.54, 1.807) is 12.1 Å². The summed E-state index contributed by atoms with van der Waals surface area (Å²) < 4.78 is 0.963. The van der Waals surface area contributed by atoms with E-state index in [9.17, 15) is 4.79 Å². The van der Waals surface area contributed by atoms with Gasteiger partial charge < -0.3 is 11.1 Å². The third kappa shape index (κ3) is 4.18. The van der Waals surface area contributed by atoms with Crippen molar-refractivity contribution < 1.29 is 4.79 Å². The van der Waals surface area contributed by atoms with E-state index in [0.717, 1.165) is 16.5 Å². The molecule has 0 saturated heterocycles. The van der Waals surface area contributed by atoms with Gasteiger partial charge in [-0.3, -0.25) is 4.79 Å². The van der Waals surface area contributed by atoms with E-state index in [0.29, 0.717) is 18.7 Å². The SMILES string of the molecule is NCCc1ccc(CNC(=O)c2ccc(Br)cc2)cc1. The predicted octanol–water partition coefficient (Wildman–Crippen LogP) is 2.88. The van der Waals surface area contributed by atoms with Crippen LogP contribution in [0.3, 0.4) is 0 Å². The molecule has 0 aliphatic carbocycles. The first-order valence-corrected chi connectivity index (χ1v) is 7.30. The first-order valence-electron chi connectivity index (χ1n) is 6.50. The van der Waals surface area contributed by atoms with Gasteiger partial charge in [-0.05, 0) is 48.4 Å². The molecule has 4 heteroatoms. The normalized spacial score (nSPS) is 10.3. The Bertz CT molecular complexity index is 564. The standard InChI is InChI=1S/C16H17BrN2O/c17-15-7-5-14(6-8-15)16(20)19-11-13-3-1-12(2-4-13)9-10-18/h1-8H,9-11,18H2,(H,19,20). The van der Waals surface area contributed by atoms with E-state index in [4.69, 9.17) is 5.73 Å². The Balaban J connectivity index is 1.91. The topological polar surface area (TPSA) is 55.1 Å². The predicted molar refractivity (Wildman–Crippen MR) is 84.5 cm³/mol. The molecule has 0 saturated carbocycles. The lowest BCUT2D eigenvalue weighted by Gasteiger charge is -2.06. The van der Waals surface area contributed by atoms with Crippen molar-refractivity contribution in [2.75, 3.05) is 6.54 Å². The lowest BCUT2D eigenvalue weighted by molar-refractivity contribution is 0.0951. The summed E-state index contributed by atoms with van der Waals surface area (Å²) in [5, 5.41) is 2.91. The van der Waals surface area contributed by atoms with Crippen LogP contribution in [-0.2, 0) is 13.0 Å². The average Bonchev–Trinajstić information content (AvgIpc) is 2.47. The highest BCUT2D eigenvalue weighted by Gasteiger charge is 2.04. The van der Waals surface area contributed by atoms with E-state index in [2.05, 4.69) is 21.2 Å². The van der Waals surface area contributed by atoms with E-state index < -0.39 is 0 Å². The zero-order chi connectivity index (χ0) is 14.4. The smallest absolute Gasteiger partial charge is 0.251 e. The lowest BCUT2D eigenvalue weighted by atomic mass is 10.1. The fourth-order valence-electron chi connectivity index (χ4n) is 1.88. The second-order valence-corrected chi connectivity index (χ2v) is 5.46. The van der Waals surface area contributed by atoms with E-state index in [1.165, 1.54) is 5.56 Å². The molecule has 0 aromatic heterocycles. The molecule has 0 spiro atoms. The van der Waals surface area contributed by atoms with Crippen LogP contribution in [0.4, 0.5) is 0 Å². The molecule has 0 radical (unpaired) electrons. The fraction of sp³-hybridized carbons (Fsp3) is 0.188. The van der Waals surface area contributed by atoms with Crippen LogP contribution in [0.1, 0.15) is 21.5 Å². The Hall–Kier alpha value is -1.65. The molecule has 0 bridgehead atoms. The van der Waals surface area contributed by atoms with Crippen LogP contribution in [0.5, 0.6) is 0 Å². The van der Waals surface area contributed by atoms with Crippen molar-refractivity contribution in [3.8, 4) is 0 Å². The number of rotatable bonds is 5. The van der Waals surface area contributed by atoms with Gasteiger partial charge in [-0.15, -0.1) is 0 Å². The third-order valence-corrected chi connectivity index (χ3v) is 3.54. The Morgan fingerprint density at radius 2 is 1.60 bits per heavy atom. The minimum atomic E-state index is -0.0662. The maximum Gasteiger partial charge on any atom is 0.251 e. The molecule has 0 unspecified atom stereocenters. The van der Waals surface area contributed by atoms with E-state index in [-0.39, 0.29) is 5.91 Å². The van der Waals surface area contributed by atoms with E-state index in [1.807, 2.05) is 36.4 Å². The molecule has 0 aliphatic heterocycles. The first-order chi connectivity index (χ1) is 9.69. The minimum absolute atomic E-state index is 0.0662. The summed E-state index contributed by atoms with van der Waals surface area (Å²) in [6.45, 7) is 1.18. The van der Waals surface area contributed by atoms with Gasteiger partial charge in [0.2, 0.25) is 0 Å². The van der Waals surface area contributed by atoms with E-state index >= 15 is 0 Å². The van der Waals surface area contributed by atoms with Crippen LogP contribution in [0.2, 0.25) is 0 Å². The van der Waals surface area contributed by atoms with Crippen LogP contribution >= 0.6 is 15.9 Å². The fourth-order valence-corrected chi connectivity index (χ4v) is 2.14. The van der Waals surface area contributed by atoms with Crippen molar-refractivity contribution in [3.05, 3.63) is 69.7 Å². The maximum absolute atomic E-state index is 12.0. The highest BCUT2D eigenvalue weighted by atomic mass is 79.9. The Kier molecular flexibility index (Phi) is 5.32. The first kappa shape index (κ1) is 14.8. The number of hydrogen-bond acceptors (Lipinski definition) is 2. The summed E-state index contributed by atoms with van der Waals surface area (Å²) in [5.74, 6) is -0.0662. The molecule has 0 fully saturated rings. The molecular weight excluding hydrogens is 316 g/mol. The van der Waals surface area contributed by atoms with Gasteiger partial charge in [0.1, 0.15) is 0 Å². The number of hydrogen-bond donors (Lipinski definition) is 2. The monoisotopic (exact) mass is 332 g/mol. The van der Waals surface area contributed by atoms with Gasteiger partial charge in [0.25, 0.3) is 5.91 Å². The number of halogens is 1. The summed E-state index contributed by atoms with van der Waals surface area (Å²) in [6.07, 6.45) is 0.880. The molecule has 2 aromatic rings. The average molecular weight is 333 g/mol. The van der Waals surface area contributed by atoms with Gasteiger partial charge in [0, 0.05) is 16.6 Å². The van der Waals surface area contributed by atoms with Crippen molar-refractivity contribution in [1.29, 1.82) is 0 Å². The molecule has 0 aliphatic rings. The van der Waals surface area contributed by atoms with Crippen LogP contribution in [0.25, 0.3) is 0 Å². The lowest BCUT2D eigenvalue weighted by Crippen LogP contribution is -2.22. The number of amides is 1. The van der Waals surface area contributed by atoms with Crippen molar-refractivity contribution in [2.24, 2.45) is 5.73 Å². The highest BCUT2D eigenvalue weighted by molar-refractivity contribution is 9.10. The van der Waals surface area contributed by atoms with Gasteiger partial charge in [-0.25, -0.2) is 0 Å². The van der Waals surface area contributed by atoms with Crippen molar-refractivity contribution in [1.82, 2.24) is 5.32 Å². The zero-order valence-corrected chi connectivity index (χ0v) is 12.7. The third-order valence-electron chi connectivity index (χ3n) is 3.02. The second kappa shape index (κ2) is 7.22. The minimum Gasteiger partial charge on any atom is -0.348 e. The Morgan fingerprint density at radius 3 is 2.20 bits per heavy atom. The molecule has 0 atom stereocenters. The maximum atomic E-state index is 12.0. The van der Waals surface area contributed by atoms with Gasteiger partial charge in [0.15, 0.2) is 0 Å². The number of benzene rings is 2. The molecule has 2 rings (SSSR count). The second-order valence-electron chi connectivity index (χ2n) is 4.54. The largest absolute Gasteiger partial charge is 0.348 e. The number of nitrogens with one attached hydrogen (secondary N) is 1. The molecule has 20 heavy (non-hydrogen) atoms. The molecular formula is C16H17BrN2O. The summed E-state index contributed by atoms with van der Waals surface area (Å²) in [5.41, 5.74) is 8.47. The zero-order valence-electron chi connectivity index (χ0n) is 11.1. The number of carbonyl (C=O) groups excluding carboxylic acids is 1. The molecule has 104 valence electrons. The van der Waals surface area contributed by atoms with Gasteiger partial charge in [-0.2, -0.15) is 0 Å². The quantitative estimate of drug-likeness (QED) is 0.884. The number of carbonyl (C=O) groups is 1. The van der Waals surface area contributed by atoms with Crippen molar-refractivity contribution >= 4 is 21.8 Å². The van der Waals surface area contributed by atoms with Crippen molar-refractivity contribution in [3.63, 3.8) is 0 Å². The molecule has 1 amide bonds. The summed E-state index contributed by atoms with van der Waals surface area (Å²) in [4.78, 5) is 12.0. The molecule has 2 aromatic carbocycles. The van der Waals surface area contributed by atoms with Crippen LogP contribution in [-0.4, -0.2) is 12.5 Å². The van der Waals surface area contributed by atoms with Crippen LogP contribution in [0.15, 0.2) is 53.0 Å². The van der Waals surface area contributed by atoms with Gasteiger partial charge in [0.05, 0.1) is 0 Å². The molecule has 3 N–H and O–H groups in total. The summed E-state index contributed by atoms with van der Waals surface area (Å²) >= 11 is 3.35. The Morgan fingerprint density at radius 1 is 1.00 bits per heavy atom. The molecule has 0 heterocycles. The van der Waals surface area contributed by atoms with Gasteiger partial charge >= 0.3 is 0 Å². The van der Waals surface area contributed by atoms with Crippen molar-refractivity contribution in [2.45, 2.75) is 13.0 Å². The molecule has 3 nitrogen and oxygen atoms in total. The number of nitrogens with two attached hydrogens (primary N) is 1. The summed E-state index contributed by atoms with van der Waals surface area (Å²) in [7, 11) is 0. The van der Waals surface area contributed by atoms with Gasteiger partial charge in [-0.1, -0.05) is 40.2 Å².